The Labute approximate surface area is 176 Å². The van der Waals surface area contributed by atoms with E-state index >= 15 is 0 Å². The van der Waals surface area contributed by atoms with E-state index in [1.165, 1.54) is 0 Å². The highest BCUT2D eigenvalue weighted by atomic mass is 32.2. The summed E-state index contributed by atoms with van der Waals surface area (Å²) in [6, 6.07) is 21.6. The second-order valence-corrected chi connectivity index (χ2v) is 11.9. The Bertz CT molecular complexity index is 1100. The second kappa shape index (κ2) is 9.67. The van der Waals surface area contributed by atoms with Crippen LogP contribution in [0.1, 0.15) is 22.8 Å². The van der Waals surface area contributed by atoms with Gasteiger partial charge in [0.15, 0.2) is 9.84 Å². The van der Waals surface area contributed by atoms with Gasteiger partial charge in [-0.05, 0) is 35.4 Å². The number of nitrogens with one attached hydrogen (secondary N) is 1. The number of hydrogen-bond acceptors (Lipinski definition) is 5. The van der Waals surface area contributed by atoms with E-state index < -0.39 is 25.1 Å². The summed E-state index contributed by atoms with van der Waals surface area (Å²) in [7, 11) is -7.30. The fourth-order valence-electron chi connectivity index (χ4n) is 3.03. The SMILES string of the molecule is O=S(=O)(CCCc1ccccc1)NC[C@H](c1ccccc1)S(=O)(=O)c1cccs1. The molecule has 1 aromatic heterocycles. The fourth-order valence-corrected chi connectivity index (χ4v) is 7.09. The third-order valence-corrected chi connectivity index (χ3v) is 9.50. The topological polar surface area (TPSA) is 80.3 Å². The first kappa shape index (κ1) is 21.7. The molecule has 0 spiro atoms. The average Bonchev–Trinajstić information content (AvgIpc) is 3.25. The van der Waals surface area contributed by atoms with Crippen LogP contribution in [0.5, 0.6) is 0 Å². The van der Waals surface area contributed by atoms with Gasteiger partial charge >= 0.3 is 0 Å². The molecule has 0 saturated heterocycles. The zero-order valence-corrected chi connectivity index (χ0v) is 18.2. The molecule has 0 aliphatic heterocycles. The lowest BCUT2D eigenvalue weighted by Gasteiger charge is -2.18. The van der Waals surface area contributed by atoms with Gasteiger partial charge < -0.3 is 0 Å². The fraction of sp³-hybridized carbons (Fsp3) is 0.238. The quantitative estimate of drug-likeness (QED) is 0.510. The van der Waals surface area contributed by atoms with Crippen molar-refractivity contribution in [3.63, 3.8) is 0 Å². The van der Waals surface area contributed by atoms with Gasteiger partial charge in [0, 0.05) is 6.54 Å². The molecule has 0 fully saturated rings. The molecule has 0 amide bonds. The molecule has 29 heavy (non-hydrogen) atoms. The molecule has 2 aromatic carbocycles. The molecule has 5 nitrogen and oxygen atoms in total. The number of aryl methyl sites for hydroxylation is 1. The molecule has 8 heteroatoms. The normalized spacial score (nSPS) is 13.2. The molecule has 0 unspecified atom stereocenters. The van der Waals surface area contributed by atoms with Gasteiger partial charge in [-0.1, -0.05) is 66.7 Å². The number of rotatable bonds is 10. The van der Waals surface area contributed by atoms with Gasteiger partial charge in [0.05, 0.1) is 5.75 Å². The van der Waals surface area contributed by atoms with E-state index in [9.17, 15) is 16.8 Å². The van der Waals surface area contributed by atoms with Crippen LogP contribution in [0.15, 0.2) is 82.4 Å². The lowest BCUT2D eigenvalue weighted by molar-refractivity contribution is 0.568. The van der Waals surface area contributed by atoms with E-state index in [-0.39, 0.29) is 16.5 Å². The van der Waals surface area contributed by atoms with Crippen molar-refractivity contribution in [1.82, 2.24) is 4.72 Å². The lowest BCUT2D eigenvalue weighted by atomic mass is 10.1. The molecule has 3 rings (SSSR count). The summed E-state index contributed by atoms with van der Waals surface area (Å²) >= 11 is 1.13. The first-order valence-electron chi connectivity index (χ1n) is 9.22. The number of hydrogen-bond donors (Lipinski definition) is 1. The third kappa shape index (κ3) is 5.99. The van der Waals surface area contributed by atoms with Gasteiger partial charge in [0.25, 0.3) is 0 Å². The van der Waals surface area contributed by atoms with Crippen molar-refractivity contribution in [3.8, 4) is 0 Å². The van der Waals surface area contributed by atoms with Crippen LogP contribution >= 0.6 is 11.3 Å². The minimum atomic E-state index is -3.71. The Morgan fingerprint density at radius 2 is 1.48 bits per heavy atom. The zero-order valence-electron chi connectivity index (χ0n) is 15.8. The van der Waals surface area contributed by atoms with Gasteiger partial charge in [-0.15, -0.1) is 11.3 Å². The Balaban J connectivity index is 1.69. The Morgan fingerprint density at radius 3 is 2.10 bits per heavy atom. The Hall–Kier alpha value is -2.00. The van der Waals surface area contributed by atoms with Crippen molar-refractivity contribution >= 4 is 31.2 Å². The number of sulfone groups is 1. The number of sulfonamides is 1. The van der Waals surface area contributed by atoms with Crippen LogP contribution in [-0.2, 0) is 26.3 Å². The van der Waals surface area contributed by atoms with Crippen LogP contribution in [0.25, 0.3) is 0 Å². The monoisotopic (exact) mass is 449 g/mol. The van der Waals surface area contributed by atoms with Gasteiger partial charge in [-0.25, -0.2) is 21.6 Å². The molecule has 1 N–H and O–H groups in total. The molecule has 0 radical (unpaired) electrons. The summed E-state index contributed by atoms with van der Waals surface area (Å²) in [5.41, 5.74) is 1.64. The predicted octanol–water partition coefficient (Wildman–Crippen LogP) is 3.82. The smallest absolute Gasteiger partial charge is 0.211 e. The van der Waals surface area contributed by atoms with Crippen LogP contribution in [0.2, 0.25) is 0 Å². The maximum atomic E-state index is 13.1. The van der Waals surface area contributed by atoms with Crippen molar-refractivity contribution in [2.24, 2.45) is 0 Å². The maximum absolute atomic E-state index is 13.1. The van der Waals surface area contributed by atoms with E-state index in [0.717, 1.165) is 16.9 Å². The standard InChI is InChI=1S/C21H23NO4S3/c23-28(24,16-8-11-18-9-3-1-4-10-18)22-17-20(19-12-5-2-6-13-19)29(25,26)21-14-7-15-27-21/h1-7,9-10,12-15,20,22H,8,11,16-17H2/t20-/m1/s1. The molecule has 154 valence electrons. The Morgan fingerprint density at radius 1 is 0.828 bits per heavy atom. The van der Waals surface area contributed by atoms with Crippen LogP contribution in [0.3, 0.4) is 0 Å². The molecular formula is C21H23NO4S3. The highest BCUT2D eigenvalue weighted by Crippen LogP contribution is 2.31. The Kier molecular flexibility index (Phi) is 7.23. The molecule has 0 saturated carbocycles. The van der Waals surface area contributed by atoms with Gasteiger partial charge in [-0.3, -0.25) is 0 Å². The van der Waals surface area contributed by atoms with Crippen molar-refractivity contribution in [3.05, 3.63) is 89.3 Å². The van der Waals surface area contributed by atoms with Gasteiger partial charge in [0.1, 0.15) is 9.46 Å². The van der Waals surface area contributed by atoms with Crippen molar-refractivity contribution < 1.29 is 16.8 Å². The van der Waals surface area contributed by atoms with E-state index in [4.69, 9.17) is 0 Å². The summed E-state index contributed by atoms with van der Waals surface area (Å²) in [6.45, 7) is -0.197. The summed E-state index contributed by atoms with van der Waals surface area (Å²) in [6.07, 6.45) is 1.12. The van der Waals surface area contributed by atoms with Crippen LogP contribution in [-0.4, -0.2) is 29.1 Å². The molecule has 1 heterocycles. The minimum Gasteiger partial charge on any atom is -0.222 e. The molecule has 3 aromatic rings. The van der Waals surface area contributed by atoms with Crippen molar-refractivity contribution in [1.29, 1.82) is 0 Å². The summed E-state index contributed by atoms with van der Waals surface area (Å²) in [5, 5.41) is 0.717. The summed E-state index contributed by atoms with van der Waals surface area (Å²) in [5.74, 6) is -0.0531. The van der Waals surface area contributed by atoms with Crippen LogP contribution in [0, 0.1) is 0 Å². The predicted molar refractivity (Wildman–Crippen MR) is 117 cm³/mol. The van der Waals surface area contributed by atoms with Gasteiger partial charge in [0.2, 0.25) is 10.0 Å². The molecule has 1 atom stereocenters. The second-order valence-electron chi connectivity index (χ2n) is 6.63. The third-order valence-electron chi connectivity index (χ3n) is 4.53. The zero-order chi connectivity index (χ0) is 20.7. The maximum Gasteiger partial charge on any atom is 0.211 e. The molecule has 0 aliphatic rings. The van der Waals surface area contributed by atoms with Crippen LogP contribution in [0.4, 0.5) is 0 Å². The molecular weight excluding hydrogens is 426 g/mol. The lowest BCUT2D eigenvalue weighted by Crippen LogP contribution is -2.33. The molecule has 0 aliphatic carbocycles. The highest BCUT2D eigenvalue weighted by Gasteiger charge is 2.31. The first-order chi connectivity index (χ1) is 13.9. The highest BCUT2D eigenvalue weighted by molar-refractivity contribution is 7.93. The number of thiophene rings is 1. The van der Waals surface area contributed by atoms with Crippen LogP contribution < -0.4 is 4.72 Å². The largest absolute Gasteiger partial charge is 0.222 e. The van der Waals surface area contributed by atoms with E-state index in [0.29, 0.717) is 18.4 Å². The average molecular weight is 450 g/mol. The van der Waals surface area contributed by atoms with Gasteiger partial charge in [-0.2, -0.15) is 0 Å². The van der Waals surface area contributed by atoms with Crippen molar-refractivity contribution in [2.45, 2.75) is 22.3 Å². The number of benzene rings is 2. The summed E-state index contributed by atoms with van der Waals surface area (Å²) in [4.78, 5) is 0. The molecule has 0 bridgehead atoms. The van der Waals surface area contributed by atoms with E-state index in [2.05, 4.69) is 4.72 Å². The minimum absolute atomic E-state index is 0.0531. The van der Waals surface area contributed by atoms with Crippen molar-refractivity contribution in [2.75, 3.05) is 12.3 Å². The van der Waals surface area contributed by atoms with E-state index in [1.54, 1.807) is 47.8 Å². The van der Waals surface area contributed by atoms with E-state index in [1.807, 2.05) is 30.3 Å². The first-order valence-corrected chi connectivity index (χ1v) is 13.3. The summed E-state index contributed by atoms with van der Waals surface area (Å²) < 4.78 is 53.8.